The van der Waals surface area contributed by atoms with E-state index in [0.29, 0.717) is 12.8 Å². The van der Waals surface area contributed by atoms with E-state index in [9.17, 15) is 106 Å². The second-order valence-corrected chi connectivity index (χ2v) is 34.8. The average molecular weight is 1730 g/mol. The van der Waals surface area contributed by atoms with E-state index in [1.54, 1.807) is 47.8 Å². The summed E-state index contributed by atoms with van der Waals surface area (Å²) in [7, 11) is 1.83. The molecule has 2 saturated heterocycles. The number of aliphatic hydroxyl groups excluding tert-OH is 2. The van der Waals surface area contributed by atoms with E-state index in [2.05, 4.69) is 79.8 Å². The minimum absolute atomic E-state index is 0.0187. The lowest BCUT2D eigenvalue weighted by atomic mass is 9.98. The predicted octanol–water partition coefficient (Wildman–Crippen LogP) is -5.36. The number of carbonyl (C=O) groups is 19. The third-order valence-corrected chi connectivity index (χ3v) is 22.0. The molecule has 0 aliphatic carbocycles. The van der Waals surface area contributed by atoms with Gasteiger partial charge in [-0.1, -0.05) is 90.8 Å². The van der Waals surface area contributed by atoms with Crippen LogP contribution in [0.3, 0.4) is 0 Å². The van der Waals surface area contributed by atoms with Crippen molar-refractivity contribution >= 4 is 146 Å². The largest absolute Gasteiger partial charge is 0.481 e. The number of carboxylic acid groups (broad SMARTS) is 1. The monoisotopic (exact) mass is 1730 g/mol. The number of primary amides is 2. The van der Waals surface area contributed by atoms with Gasteiger partial charge in [-0.05, 0) is 133 Å². The molecule has 0 aromatic heterocycles. The van der Waals surface area contributed by atoms with Crippen LogP contribution in [0.2, 0.25) is 0 Å². The van der Waals surface area contributed by atoms with Gasteiger partial charge in [-0.15, -0.1) is 0 Å². The van der Waals surface area contributed by atoms with Gasteiger partial charge in [-0.3, -0.25) is 91.1 Å². The zero-order valence-corrected chi connectivity index (χ0v) is 72.4. The molecule has 118 heavy (non-hydrogen) atoms. The number of rotatable bonds is 24. The van der Waals surface area contributed by atoms with Crippen LogP contribution in [0.1, 0.15) is 174 Å². The van der Waals surface area contributed by atoms with Crippen molar-refractivity contribution < 1.29 is 106 Å². The van der Waals surface area contributed by atoms with E-state index in [1.807, 2.05) is 0 Å². The van der Waals surface area contributed by atoms with Gasteiger partial charge in [0.1, 0.15) is 90.6 Å². The number of unbranched alkanes of at least 4 members (excludes halogenated alkanes) is 1. The molecule has 668 valence electrons. The van der Waals surface area contributed by atoms with Crippen LogP contribution in [0.15, 0.2) is 0 Å². The smallest absolute Gasteiger partial charge is 0.303 e. The summed E-state index contributed by atoms with van der Waals surface area (Å²) >= 11 is 1.28. The van der Waals surface area contributed by atoms with Gasteiger partial charge in [0, 0.05) is 37.8 Å². The van der Waals surface area contributed by atoms with Crippen molar-refractivity contribution in [3.05, 3.63) is 0 Å². The molecule has 2 heterocycles. The first kappa shape index (κ1) is 105. The quantitative estimate of drug-likeness (QED) is 0.0317. The number of amides is 18. The van der Waals surface area contributed by atoms with Crippen LogP contribution >= 0.6 is 33.3 Å². The minimum atomic E-state index is -1.84. The minimum Gasteiger partial charge on any atom is -0.481 e. The number of carbonyl (C=O) groups excluding carboxylic acids is 18. The van der Waals surface area contributed by atoms with Gasteiger partial charge in [-0.2, -0.15) is 11.8 Å². The molecule has 2 aliphatic rings. The Labute approximate surface area is 700 Å². The van der Waals surface area contributed by atoms with Crippen LogP contribution < -0.4 is 97.0 Å². The molecule has 0 bridgehead atoms. The van der Waals surface area contributed by atoms with Crippen molar-refractivity contribution in [3.8, 4) is 0 Å². The summed E-state index contributed by atoms with van der Waals surface area (Å²) in [5.41, 5.74) is 17.1. The summed E-state index contributed by atoms with van der Waals surface area (Å²) in [6.45, 7) is 20.1. The van der Waals surface area contributed by atoms with Gasteiger partial charge in [0.15, 0.2) is 0 Å². The summed E-state index contributed by atoms with van der Waals surface area (Å²) in [6.07, 6.45) is -3.14. The standard InChI is InChI=1S/C74H127N19O22S3/c1-34(2)29-47-66(107)83-46(25-28-116-15)62(103)78-31-53(98)88-58(40(12)94)72(113)89-55(36(5)6)70(111)79-39(11)61(102)81-43(19-16-17-26-75)63(104)82-44(21-23-52(76)97)64(105)86-48(30-35(3)4)67(108)91-57(38(9)10)74(115)93-27-18-20-51(93)69(110)87-49(60(77)101)32-117-118-33-50(80-42(14)96)68(109)92-59(41(13)95)73(114)90-56(37(7)8)71(112)84-45(65(106)85-47)22-24-54(99)100/h34-41,43-51,55-59,94-95H,16-33,75H2,1-15H3,(H2,76,97)(H2,77,101)(H,78,103)(H,79,111)(H,80,96)(H,81,102)(H,82,104)(H,83,107)(H,84,112)(H,85,106)(H,86,105)(H,87,110)(H,88,98)(H,89,113)(H,90,114)(H,91,108)(H,92,109)(H,99,100)/t39-,40+,41+,43-,44-,45-,46-,47-,48-,49-,50-,51-,55-,56-,57-,58-,59-/m0/s1. The lowest BCUT2D eigenvalue weighted by molar-refractivity contribution is -0.143. The maximum absolute atomic E-state index is 14.7. The molecule has 2 rings (SSSR count). The number of nitrogens with one attached hydrogen (secondary N) is 15. The molecule has 41 nitrogen and oxygen atoms in total. The highest BCUT2D eigenvalue weighted by Gasteiger charge is 2.43. The van der Waals surface area contributed by atoms with Crippen LogP contribution in [-0.2, 0) is 91.1 Å². The zero-order chi connectivity index (χ0) is 89.7. The molecular formula is C74H127N19O22S3. The first-order valence-corrected chi connectivity index (χ1v) is 43.4. The van der Waals surface area contributed by atoms with Gasteiger partial charge < -0.3 is 117 Å². The molecule has 0 radical (unpaired) electrons. The molecule has 44 heteroatoms. The van der Waals surface area contributed by atoms with Gasteiger partial charge in [0.25, 0.3) is 0 Å². The molecule has 0 aromatic carbocycles. The first-order valence-electron chi connectivity index (χ1n) is 39.5. The SMILES string of the molecule is CSCC[C@@H]1NC(=O)[C@H](CC(C)C)NC(=O)[C@H](CCC(=O)O)NC(=O)[C@H](C(C)C)NC(=O)[C@H]([C@@H](C)O)NC(=O)[C@@H](NC(C)=O)CSSC[C@@H](C(N)=O)NC(=O)[C@@H]2CCCN2C(=O)[C@H](C(C)C)NC(=O)[C@H](CC(C)C)NC(=O)[C@H](CCC(N)=O)NC(=O)[C@H](CCCCN)NC(=O)[C@H](C)NC(=O)[C@H](C(C)C)NC(=O)[C@H]([C@@H](C)O)NC(=O)CNC1=O. The Morgan fingerprint density at radius 1 is 0.492 bits per heavy atom. The zero-order valence-electron chi connectivity index (χ0n) is 69.9. The summed E-state index contributed by atoms with van der Waals surface area (Å²) < 4.78 is 0. The number of thioether (sulfide) groups is 1. The highest BCUT2D eigenvalue weighted by molar-refractivity contribution is 8.76. The van der Waals surface area contributed by atoms with E-state index in [-0.39, 0.29) is 80.7 Å². The molecule has 0 unspecified atom stereocenters. The van der Waals surface area contributed by atoms with E-state index < -0.39 is 265 Å². The van der Waals surface area contributed by atoms with Crippen molar-refractivity contribution in [2.45, 2.75) is 277 Å². The van der Waals surface area contributed by atoms with Gasteiger partial charge >= 0.3 is 5.97 Å². The number of aliphatic carboxylic acids is 1. The Morgan fingerprint density at radius 2 is 0.915 bits per heavy atom. The molecule has 17 atom stereocenters. The van der Waals surface area contributed by atoms with Crippen molar-refractivity contribution in [1.82, 2.24) is 84.7 Å². The molecule has 0 spiro atoms. The molecule has 18 amide bonds. The molecule has 0 aromatic rings. The maximum atomic E-state index is 14.7. The number of nitrogens with zero attached hydrogens (tertiary/aromatic N) is 1. The molecule has 24 N–H and O–H groups in total. The van der Waals surface area contributed by atoms with Crippen molar-refractivity contribution in [2.24, 2.45) is 46.8 Å². The van der Waals surface area contributed by atoms with Crippen molar-refractivity contribution in [1.29, 1.82) is 0 Å². The number of nitrogens with two attached hydrogens (primary N) is 3. The van der Waals surface area contributed by atoms with Gasteiger partial charge in [0.05, 0.1) is 18.8 Å². The third kappa shape index (κ3) is 37.0. The fourth-order valence-electron chi connectivity index (χ4n) is 12.3. The Bertz CT molecular complexity index is 3480. The average Bonchev–Trinajstić information content (AvgIpc) is 1.58. The Kier molecular flexibility index (Phi) is 46.9. The third-order valence-electron chi connectivity index (χ3n) is 18.9. The molecule has 0 saturated carbocycles. The van der Waals surface area contributed by atoms with Crippen LogP contribution in [0, 0.1) is 29.6 Å². The van der Waals surface area contributed by atoms with Crippen molar-refractivity contribution in [2.75, 3.05) is 43.1 Å². The van der Waals surface area contributed by atoms with Crippen molar-refractivity contribution in [3.63, 3.8) is 0 Å². The maximum Gasteiger partial charge on any atom is 0.303 e. The lowest BCUT2D eigenvalue weighted by Crippen LogP contribution is -2.62. The molecular weight excluding hydrogens is 1600 g/mol. The summed E-state index contributed by atoms with van der Waals surface area (Å²) in [6, 6.07) is -22.6. The predicted molar refractivity (Wildman–Crippen MR) is 438 cm³/mol. The number of hydrogen-bond acceptors (Lipinski definition) is 25. The number of fused-ring (bicyclic) bond motifs is 1. The topological polar surface area (TPSA) is 647 Å². The molecule has 2 fully saturated rings. The van der Waals surface area contributed by atoms with Crippen LogP contribution in [-0.4, -0.2) is 279 Å². The van der Waals surface area contributed by atoms with Gasteiger partial charge in [0.2, 0.25) is 106 Å². The fraction of sp³-hybridized carbons (Fsp3) is 0.743. The Hall–Kier alpha value is -9.14. The number of carboxylic acids is 1. The summed E-state index contributed by atoms with van der Waals surface area (Å²) in [5.74, 6) is -21.7. The summed E-state index contributed by atoms with van der Waals surface area (Å²) in [5, 5.41) is 69.1. The fourth-order valence-corrected chi connectivity index (χ4v) is 15.1. The van der Waals surface area contributed by atoms with E-state index in [0.717, 1.165) is 42.4 Å². The Balaban J connectivity index is 2.82. The van der Waals surface area contributed by atoms with Gasteiger partial charge in [-0.25, -0.2) is 0 Å². The Morgan fingerprint density at radius 3 is 1.38 bits per heavy atom. The van der Waals surface area contributed by atoms with E-state index >= 15 is 0 Å². The lowest BCUT2D eigenvalue weighted by Gasteiger charge is -2.32. The second kappa shape index (κ2) is 52.7. The molecule has 2 aliphatic heterocycles. The highest BCUT2D eigenvalue weighted by atomic mass is 33.1. The van der Waals surface area contributed by atoms with Crippen LogP contribution in [0.5, 0.6) is 0 Å². The van der Waals surface area contributed by atoms with E-state index in [4.69, 9.17) is 17.2 Å². The highest BCUT2D eigenvalue weighted by Crippen LogP contribution is 2.26. The normalized spacial score (nSPS) is 27.0. The first-order chi connectivity index (χ1) is 55.1. The number of hydrogen-bond donors (Lipinski definition) is 21. The van der Waals surface area contributed by atoms with Crippen LogP contribution in [0.25, 0.3) is 0 Å². The van der Waals surface area contributed by atoms with E-state index in [1.165, 1.54) is 51.3 Å². The second-order valence-electron chi connectivity index (χ2n) is 31.3. The van der Waals surface area contributed by atoms with Crippen LogP contribution in [0.4, 0.5) is 0 Å². The number of aliphatic hydroxyl groups is 2. The summed E-state index contributed by atoms with van der Waals surface area (Å²) in [4.78, 5) is 264.